The van der Waals surface area contributed by atoms with Gasteiger partial charge in [-0.05, 0) is 12.8 Å². The van der Waals surface area contributed by atoms with Crippen LogP contribution >= 0.6 is 12.4 Å². The fraction of sp³-hybridized carbons (Fsp3) is 0.875. The predicted octanol–water partition coefficient (Wildman–Crippen LogP) is 1.31. The minimum absolute atomic E-state index is 0. The fourth-order valence-corrected chi connectivity index (χ4v) is 1.68. The third kappa shape index (κ3) is 4.25. The highest BCUT2D eigenvalue weighted by Gasteiger charge is 2.36. The van der Waals surface area contributed by atoms with E-state index in [0.717, 1.165) is 6.42 Å². The van der Waals surface area contributed by atoms with Crippen molar-refractivity contribution in [2.45, 2.75) is 31.5 Å². The molecule has 1 aliphatic rings. The summed E-state index contributed by atoms with van der Waals surface area (Å²) in [6.45, 7) is 0.639. The van der Waals surface area contributed by atoms with Gasteiger partial charge in [0, 0.05) is 19.1 Å². The smallest absolute Gasteiger partial charge is 0.338 e. The van der Waals surface area contributed by atoms with Crippen LogP contribution in [0.15, 0.2) is 0 Å². The summed E-state index contributed by atoms with van der Waals surface area (Å²) in [5, 5.41) is 0. The van der Waals surface area contributed by atoms with Crippen molar-refractivity contribution in [2.75, 3.05) is 13.1 Å². The lowest BCUT2D eigenvalue weighted by Gasteiger charge is -2.23. The molecule has 15 heavy (non-hydrogen) atoms. The maximum Gasteiger partial charge on any atom is 0.397 e. The maximum absolute atomic E-state index is 11.9. The maximum atomic E-state index is 11.9. The van der Waals surface area contributed by atoms with Crippen molar-refractivity contribution in [3.63, 3.8) is 0 Å². The summed E-state index contributed by atoms with van der Waals surface area (Å²) in [6.07, 6.45) is -4.34. The molecule has 2 N–H and O–H groups in total. The van der Waals surface area contributed by atoms with E-state index < -0.39 is 18.5 Å². The molecule has 0 radical (unpaired) electrons. The lowest BCUT2D eigenvalue weighted by atomic mass is 10.2. The van der Waals surface area contributed by atoms with E-state index in [1.165, 1.54) is 4.90 Å². The third-order valence-corrected chi connectivity index (χ3v) is 2.32. The number of likely N-dealkylation sites (tertiary alicyclic amines) is 1. The molecule has 1 atom stereocenters. The second-order valence-electron chi connectivity index (χ2n) is 3.41. The molecule has 1 fully saturated rings. The predicted molar refractivity (Wildman–Crippen MR) is 51.7 cm³/mol. The highest BCUT2D eigenvalue weighted by Crippen LogP contribution is 2.24. The van der Waals surface area contributed by atoms with Crippen LogP contribution in [0.3, 0.4) is 0 Å². The molecule has 1 saturated heterocycles. The van der Waals surface area contributed by atoms with Crippen LogP contribution in [0.2, 0.25) is 0 Å². The molecule has 0 aliphatic carbocycles. The molecule has 0 aromatic heterocycles. The van der Waals surface area contributed by atoms with E-state index in [4.69, 9.17) is 5.73 Å². The summed E-state index contributed by atoms with van der Waals surface area (Å²) >= 11 is 0. The Kier molecular flexibility index (Phi) is 5.37. The van der Waals surface area contributed by atoms with E-state index in [1.54, 1.807) is 0 Å². The topological polar surface area (TPSA) is 46.3 Å². The molecular formula is C8H14ClF3N2O. The molecule has 90 valence electrons. The summed E-state index contributed by atoms with van der Waals surface area (Å²) in [5.41, 5.74) is 5.35. The van der Waals surface area contributed by atoms with E-state index in [0.29, 0.717) is 13.0 Å². The molecule has 1 amide bonds. The highest BCUT2D eigenvalue weighted by atomic mass is 35.5. The Hall–Kier alpha value is -0.490. The molecule has 7 heteroatoms. The van der Waals surface area contributed by atoms with Crippen LogP contribution in [-0.4, -0.2) is 36.1 Å². The van der Waals surface area contributed by atoms with E-state index >= 15 is 0 Å². The highest BCUT2D eigenvalue weighted by molar-refractivity contribution is 5.85. The number of hydrogen-bond acceptors (Lipinski definition) is 2. The number of rotatable bonds is 2. The number of amides is 1. The molecular weight excluding hydrogens is 233 g/mol. The van der Waals surface area contributed by atoms with E-state index in [2.05, 4.69) is 0 Å². The number of carbonyl (C=O) groups excluding carboxylic acids is 1. The minimum atomic E-state index is -4.42. The zero-order valence-corrected chi connectivity index (χ0v) is 8.90. The van der Waals surface area contributed by atoms with Gasteiger partial charge < -0.3 is 10.6 Å². The van der Waals surface area contributed by atoms with Gasteiger partial charge in [-0.3, -0.25) is 4.79 Å². The van der Waals surface area contributed by atoms with Crippen molar-refractivity contribution in [3.05, 3.63) is 0 Å². The Morgan fingerprint density at radius 2 is 2.07 bits per heavy atom. The van der Waals surface area contributed by atoms with E-state index in [-0.39, 0.29) is 25.0 Å². The molecule has 0 aromatic rings. The molecule has 0 saturated carbocycles. The largest absolute Gasteiger partial charge is 0.397 e. The number of nitrogens with zero attached hydrogens (tertiary/aromatic N) is 1. The average molecular weight is 247 g/mol. The third-order valence-electron chi connectivity index (χ3n) is 2.32. The molecule has 1 rings (SSSR count). The first kappa shape index (κ1) is 14.5. The molecule has 0 aromatic carbocycles. The van der Waals surface area contributed by atoms with Gasteiger partial charge in [0.2, 0.25) is 5.91 Å². The first-order chi connectivity index (χ1) is 6.44. The standard InChI is InChI=1S/C8H13F3N2O.ClH/c9-8(10,11)4-7(14)13-3-1-2-6(13)5-12;/h6H,1-5,12H2;1H. The van der Waals surface area contributed by atoms with Crippen molar-refractivity contribution in [3.8, 4) is 0 Å². The average Bonchev–Trinajstić information content (AvgIpc) is 2.47. The number of alkyl halides is 3. The second kappa shape index (κ2) is 5.55. The summed E-state index contributed by atoms with van der Waals surface area (Å²) in [7, 11) is 0. The quantitative estimate of drug-likeness (QED) is 0.799. The van der Waals surface area contributed by atoms with Crippen molar-refractivity contribution in [1.29, 1.82) is 0 Å². The lowest BCUT2D eigenvalue weighted by molar-refractivity contribution is -0.161. The van der Waals surface area contributed by atoms with Crippen LogP contribution in [0.4, 0.5) is 13.2 Å². The van der Waals surface area contributed by atoms with Gasteiger partial charge in [-0.1, -0.05) is 0 Å². The normalized spacial score (nSPS) is 21.3. The summed E-state index contributed by atoms with van der Waals surface area (Å²) in [4.78, 5) is 12.4. The monoisotopic (exact) mass is 246 g/mol. The number of halogens is 4. The zero-order chi connectivity index (χ0) is 10.8. The molecule has 1 unspecified atom stereocenters. The number of nitrogens with two attached hydrogens (primary N) is 1. The van der Waals surface area contributed by atoms with Crippen molar-refractivity contribution < 1.29 is 18.0 Å². The second-order valence-corrected chi connectivity index (χ2v) is 3.41. The molecule has 0 spiro atoms. The minimum Gasteiger partial charge on any atom is -0.338 e. The SMILES string of the molecule is Cl.NCC1CCCN1C(=O)CC(F)(F)F. The molecule has 1 heterocycles. The number of hydrogen-bond donors (Lipinski definition) is 1. The van der Waals surface area contributed by atoms with Crippen molar-refractivity contribution >= 4 is 18.3 Å². The van der Waals surface area contributed by atoms with Crippen LogP contribution in [0.25, 0.3) is 0 Å². The molecule has 0 bridgehead atoms. The van der Waals surface area contributed by atoms with Crippen molar-refractivity contribution in [1.82, 2.24) is 4.90 Å². The van der Waals surface area contributed by atoms with Crippen LogP contribution in [0.1, 0.15) is 19.3 Å². The van der Waals surface area contributed by atoms with Gasteiger partial charge in [0.15, 0.2) is 0 Å². The van der Waals surface area contributed by atoms with Crippen molar-refractivity contribution in [2.24, 2.45) is 5.73 Å². The van der Waals surface area contributed by atoms with E-state index in [1.807, 2.05) is 0 Å². The number of carbonyl (C=O) groups is 1. The van der Waals surface area contributed by atoms with Gasteiger partial charge >= 0.3 is 6.18 Å². The first-order valence-electron chi connectivity index (χ1n) is 4.50. The van der Waals surface area contributed by atoms with Gasteiger partial charge in [0.1, 0.15) is 6.42 Å². The molecule has 1 aliphatic heterocycles. The summed E-state index contributed by atoms with van der Waals surface area (Å²) < 4.78 is 35.7. The van der Waals surface area contributed by atoms with Crippen LogP contribution in [-0.2, 0) is 4.79 Å². The van der Waals surface area contributed by atoms with Crippen LogP contribution in [0.5, 0.6) is 0 Å². The van der Waals surface area contributed by atoms with Gasteiger partial charge in [-0.2, -0.15) is 13.2 Å². The Labute approximate surface area is 92.2 Å². The Balaban J connectivity index is 0.00000196. The van der Waals surface area contributed by atoms with Gasteiger partial charge in [0.05, 0.1) is 0 Å². The Bertz CT molecular complexity index is 222. The Morgan fingerprint density at radius 1 is 1.47 bits per heavy atom. The van der Waals surface area contributed by atoms with Crippen LogP contribution in [0, 0.1) is 0 Å². The summed E-state index contributed by atoms with van der Waals surface area (Å²) in [6, 6.07) is -0.204. The fourth-order valence-electron chi connectivity index (χ4n) is 1.68. The van der Waals surface area contributed by atoms with Crippen LogP contribution < -0.4 is 5.73 Å². The molecule has 3 nitrogen and oxygen atoms in total. The Morgan fingerprint density at radius 3 is 2.53 bits per heavy atom. The summed E-state index contributed by atoms with van der Waals surface area (Å²) in [5.74, 6) is -0.856. The van der Waals surface area contributed by atoms with Gasteiger partial charge in [-0.25, -0.2) is 0 Å². The first-order valence-corrected chi connectivity index (χ1v) is 4.50. The van der Waals surface area contributed by atoms with Gasteiger partial charge in [0.25, 0.3) is 0 Å². The zero-order valence-electron chi connectivity index (χ0n) is 8.09. The van der Waals surface area contributed by atoms with Gasteiger partial charge in [-0.15, -0.1) is 12.4 Å². The lowest BCUT2D eigenvalue weighted by Crippen LogP contribution is -2.41. The van der Waals surface area contributed by atoms with E-state index in [9.17, 15) is 18.0 Å².